The molecule has 0 saturated heterocycles. The molecule has 0 aliphatic carbocycles. The largest absolute Gasteiger partial charge is 0.472 e. The Morgan fingerprint density at radius 3 is 1.29 bits per heavy atom. The highest BCUT2D eigenvalue weighted by molar-refractivity contribution is 7.47. The zero-order chi connectivity index (χ0) is 40.3. The van der Waals surface area contributed by atoms with Crippen molar-refractivity contribution in [2.75, 3.05) is 26.4 Å². The van der Waals surface area contributed by atoms with Crippen LogP contribution >= 0.6 is 7.82 Å². The minimum Gasteiger partial charge on any atom is -0.462 e. The summed E-state index contributed by atoms with van der Waals surface area (Å²) in [7, 11) is -4.41. The van der Waals surface area contributed by atoms with E-state index in [-0.39, 0.29) is 32.6 Å². The van der Waals surface area contributed by atoms with E-state index < -0.39 is 32.5 Å². The maximum absolute atomic E-state index is 12.5. The van der Waals surface area contributed by atoms with Crippen molar-refractivity contribution in [3.63, 3.8) is 0 Å². The van der Waals surface area contributed by atoms with E-state index in [1.165, 1.54) is 0 Å². The maximum Gasteiger partial charge on any atom is 0.472 e. The number of allylic oxidation sites excluding steroid dienone is 20. The van der Waals surface area contributed by atoms with E-state index >= 15 is 0 Å². The van der Waals surface area contributed by atoms with Gasteiger partial charge in [-0.25, -0.2) is 4.57 Å². The van der Waals surface area contributed by atoms with Crippen molar-refractivity contribution in [2.45, 2.75) is 123 Å². The van der Waals surface area contributed by atoms with Crippen LogP contribution in [0.25, 0.3) is 0 Å². The first-order valence-electron chi connectivity index (χ1n) is 20.0. The molecule has 0 amide bonds. The van der Waals surface area contributed by atoms with Crippen LogP contribution in [0.4, 0.5) is 0 Å². The fourth-order valence-electron chi connectivity index (χ4n) is 4.47. The summed E-state index contributed by atoms with van der Waals surface area (Å²) in [4.78, 5) is 34.8. The molecule has 0 aromatic rings. The summed E-state index contributed by atoms with van der Waals surface area (Å²) in [5.74, 6) is -0.982. The fraction of sp³-hybridized carbons (Fsp3) is 0.511. The van der Waals surface area contributed by atoms with E-state index in [4.69, 9.17) is 24.3 Å². The van der Waals surface area contributed by atoms with Gasteiger partial charge in [0, 0.05) is 19.4 Å². The quantitative estimate of drug-likeness (QED) is 0.0279. The second kappa shape index (κ2) is 40.1. The summed E-state index contributed by atoms with van der Waals surface area (Å²) in [6.07, 6.45) is 53.9. The predicted octanol–water partition coefficient (Wildman–Crippen LogP) is 11.4. The fourth-order valence-corrected chi connectivity index (χ4v) is 5.23. The van der Waals surface area contributed by atoms with E-state index in [1.807, 2.05) is 12.2 Å². The van der Waals surface area contributed by atoms with Gasteiger partial charge in [0.2, 0.25) is 0 Å². The van der Waals surface area contributed by atoms with Gasteiger partial charge in [-0.1, -0.05) is 135 Å². The van der Waals surface area contributed by atoms with E-state index in [0.29, 0.717) is 25.7 Å². The Balaban J connectivity index is 4.43. The van der Waals surface area contributed by atoms with Crippen LogP contribution < -0.4 is 5.73 Å². The first kappa shape index (κ1) is 51.4. The Bertz CT molecular complexity index is 1310. The molecule has 0 aliphatic rings. The maximum atomic E-state index is 12.5. The van der Waals surface area contributed by atoms with Gasteiger partial charge in [-0.2, -0.15) is 0 Å². The van der Waals surface area contributed by atoms with E-state index in [9.17, 15) is 19.0 Å². The molecule has 55 heavy (non-hydrogen) atoms. The lowest BCUT2D eigenvalue weighted by atomic mass is 10.2. The molecule has 308 valence electrons. The van der Waals surface area contributed by atoms with Gasteiger partial charge in [0.15, 0.2) is 6.10 Å². The Hall–Kier alpha value is -3.59. The third-order valence-corrected chi connectivity index (χ3v) is 8.33. The Labute approximate surface area is 332 Å². The Kier molecular flexibility index (Phi) is 37.5. The first-order valence-corrected chi connectivity index (χ1v) is 21.5. The average Bonchev–Trinajstić information content (AvgIpc) is 3.17. The number of carbonyl (C=O) groups is 2. The van der Waals surface area contributed by atoms with E-state index in [1.54, 1.807) is 0 Å². The van der Waals surface area contributed by atoms with Gasteiger partial charge in [-0.3, -0.25) is 18.6 Å². The molecule has 0 bridgehead atoms. The van der Waals surface area contributed by atoms with Crippen LogP contribution in [-0.2, 0) is 32.7 Å². The number of rotatable bonds is 35. The molecule has 9 nitrogen and oxygen atoms in total. The summed E-state index contributed by atoms with van der Waals surface area (Å²) in [5.41, 5.74) is 5.33. The molecule has 0 aromatic heterocycles. The predicted molar refractivity (Wildman–Crippen MR) is 228 cm³/mol. The lowest BCUT2D eigenvalue weighted by Crippen LogP contribution is -2.29. The van der Waals surface area contributed by atoms with Crippen LogP contribution in [0.3, 0.4) is 0 Å². The molecule has 0 rings (SSSR count). The zero-order valence-corrected chi connectivity index (χ0v) is 34.5. The lowest BCUT2D eigenvalue weighted by Gasteiger charge is -2.19. The van der Waals surface area contributed by atoms with Crippen molar-refractivity contribution in [1.82, 2.24) is 0 Å². The van der Waals surface area contributed by atoms with Crippen molar-refractivity contribution in [3.8, 4) is 0 Å². The van der Waals surface area contributed by atoms with Crippen LogP contribution in [0.2, 0.25) is 0 Å². The number of hydrogen-bond acceptors (Lipinski definition) is 8. The molecule has 10 heteroatoms. The SMILES string of the molecule is CC/C=C\C/C=C\C/C=C\C/C=C\C/C=C\CCCC(=O)OCC(COP(=O)(O)OCCN)OC(=O)CCC/C=C\C/C=C\C/C=C\C/C=C\C/C=C\CC. The molecular weight excluding hydrogens is 713 g/mol. The molecule has 0 aliphatic heterocycles. The van der Waals surface area contributed by atoms with E-state index in [2.05, 4.69) is 123 Å². The molecule has 0 heterocycles. The minimum absolute atomic E-state index is 0.0292. The molecule has 0 saturated carbocycles. The van der Waals surface area contributed by atoms with Gasteiger partial charge < -0.3 is 20.1 Å². The summed E-state index contributed by atoms with van der Waals surface area (Å²) >= 11 is 0. The van der Waals surface area contributed by atoms with Gasteiger partial charge in [0.05, 0.1) is 13.2 Å². The monoisotopic (exact) mass is 783 g/mol. The molecule has 0 radical (unpaired) electrons. The van der Waals surface area contributed by atoms with Crippen LogP contribution in [-0.4, -0.2) is 49.3 Å². The molecular formula is C45H70NO8P. The van der Waals surface area contributed by atoms with Crippen molar-refractivity contribution in [1.29, 1.82) is 0 Å². The smallest absolute Gasteiger partial charge is 0.462 e. The summed E-state index contributed by atoms with van der Waals surface area (Å²) in [6, 6.07) is 0. The zero-order valence-electron chi connectivity index (χ0n) is 33.6. The highest BCUT2D eigenvalue weighted by atomic mass is 31.2. The average molecular weight is 784 g/mol. The number of esters is 2. The normalized spacial score (nSPS) is 14.6. The molecule has 0 fully saturated rings. The first-order chi connectivity index (χ1) is 26.8. The Morgan fingerprint density at radius 1 is 0.545 bits per heavy atom. The number of unbranched alkanes of at least 4 members (excludes halogenated alkanes) is 2. The second-order valence-corrected chi connectivity index (χ2v) is 13.8. The lowest BCUT2D eigenvalue weighted by molar-refractivity contribution is -0.161. The van der Waals surface area contributed by atoms with Crippen molar-refractivity contribution < 1.29 is 37.6 Å². The summed E-state index contributed by atoms with van der Waals surface area (Å²) in [6.45, 7) is 3.32. The van der Waals surface area contributed by atoms with Gasteiger partial charge >= 0.3 is 19.8 Å². The van der Waals surface area contributed by atoms with Gasteiger partial charge in [0.25, 0.3) is 0 Å². The van der Waals surface area contributed by atoms with Gasteiger partial charge in [-0.15, -0.1) is 0 Å². The molecule has 3 N–H and O–H groups in total. The highest BCUT2D eigenvalue weighted by Crippen LogP contribution is 2.43. The second-order valence-electron chi connectivity index (χ2n) is 12.4. The number of carbonyl (C=O) groups excluding carboxylic acids is 2. The molecule has 2 unspecified atom stereocenters. The van der Waals surface area contributed by atoms with Gasteiger partial charge in [-0.05, 0) is 89.9 Å². The molecule has 2 atom stereocenters. The highest BCUT2D eigenvalue weighted by Gasteiger charge is 2.25. The molecule has 0 spiro atoms. The van der Waals surface area contributed by atoms with Crippen molar-refractivity contribution >= 4 is 19.8 Å². The third-order valence-electron chi connectivity index (χ3n) is 7.34. The number of hydrogen-bond donors (Lipinski definition) is 2. The van der Waals surface area contributed by atoms with Crippen molar-refractivity contribution in [2.24, 2.45) is 5.73 Å². The van der Waals surface area contributed by atoms with Crippen molar-refractivity contribution in [3.05, 3.63) is 122 Å². The standard InChI is InChI=1S/C45H70NO8P/c1-3-5-7-9-11-13-15-17-19-21-23-25-27-29-31-33-35-37-44(47)51-41-43(42-53-55(49,50)52-40-39-46)54-45(48)38-36-34-32-30-28-26-24-22-20-18-16-14-12-10-8-6-4-2/h5-8,11-14,17-20,23-26,29-32,43H,3-4,9-10,15-16,21-22,27-28,33-42,46H2,1-2H3,(H,49,50)/b7-5-,8-6-,13-11-,14-12-,19-17-,20-18-,25-23-,26-24-,31-29-,32-30-. The number of phosphoric ester groups is 1. The van der Waals surface area contributed by atoms with Crippen LogP contribution in [0, 0.1) is 0 Å². The third kappa shape index (κ3) is 39.9. The van der Waals surface area contributed by atoms with E-state index in [0.717, 1.165) is 64.2 Å². The summed E-state index contributed by atoms with van der Waals surface area (Å²) < 4.78 is 32.6. The van der Waals surface area contributed by atoms with Crippen LogP contribution in [0.15, 0.2) is 122 Å². The number of phosphoric acid groups is 1. The topological polar surface area (TPSA) is 134 Å². The Morgan fingerprint density at radius 2 is 0.909 bits per heavy atom. The number of nitrogens with two attached hydrogens (primary N) is 1. The summed E-state index contributed by atoms with van der Waals surface area (Å²) in [5, 5.41) is 0. The van der Waals surface area contributed by atoms with Crippen LogP contribution in [0.5, 0.6) is 0 Å². The van der Waals surface area contributed by atoms with Crippen LogP contribution in [0.1, 0.15) is 117 Å². The van der Waals surface area contributed by atoms with Gasteiger partial charge in [0.1, 0.15) is 6.61 Å². The molecule has 0 aromatic carbocycles. The number of ether oxygens (including phenoxy) is 2. The minimum atomic E-state index is -4.41.